The highest BCUT2D eigenvalue weighted by atomic mass is 35.5. The number of halogens is 1. The summed E-state index contributed by atoms with van der Waals surface area (Å²) in [6.45, 7) is 2.35. The van der Waals surface area contributed by atoms with Crippen LogP contribution in [0, 0.1) is 5.41 Å². The van der Waals surface area contributed by atoms with Crippen LogP contribution in [-0.2, 0) is 6.42 Å². The first-order valence-electron chi connectivity index (χ1n) is 5.84. The number of hydrogen-bond donors (Lipinski definition) is 2. The summed E-state index contributed by atoms with van der Waals surface area (Å²) in [7, 11) is 0. The van der Waals surface area contributed by atoms with E-state index >= 15 is 0 Å². The van der Waals surface area contributed by atoms with Crippen molar-refractivity contribution < 1.29 is 0 Å². The smallest absolute Gasteiger partial charge is 0.0931 e. The van der Waals surface area contributed by atoms with Crippen molar-refractivity contribution in [1.29, 1.82) is 0 Å². The molecule has 0 aliphatic heterocycles. The van der Waals surface area contributed by atoms with Crippen molar-refractivity contribution in [2.24, 2.45) is 11.3 Å². The number of nitrogens with two attached hydrogens (primary N) is 1. The Kier molecular flexibility index (Phi) is 3.90. The molecule has 1 aromatic rings. The molecule has 3 N–H and O–H groups in total. The number of rotatable bonds is 4. The van der Waals surface area contributed by atoms with E-state index in [9.17, 15) is 0 Å². The predicted molar refractivity (Wildman–Crippen MR) is 70.7 cm³/mol. The minimum Gasteiger partial charge on any atom is -0.271 e. The van der Waals surface area contributed by atoms with Crippen molar-refractivity contribution in [1.82, 2.24) is 5.43 Å². The van der Waals surface area contributed by atoms with E-state index in [0.29, 0.717) is 11.5 Å². The molecule has 1 saturated carbocycles. The third kappa shape index (κ3) is 2.59. The summed E-state index contributed by atoms with van der Waals surface area (Å²) in [5.74, 6) is 5.71. The molecule has 1 aliphatic rings. The summed E-state index contributed by atoms with van der Waals surface area (Å²) in [6.07, 6.45) is 6.21. The quantitative estimate of drug-likeness (QED) is 0.642. The molecule has 4 heteroatoms. The summed E-state index contributed by atoms with van der Waals surface area (Å²) in [4.78, 5) is 1.32. The van der Waals surface area contributed by atoms with Crippen LogP contribution >= 0.6 is 22.9 Å². The molecule has 0 aromatic carbocycles. The molecule has 0 amide bonds. The molecule has 16 heavy (non-hydrogen) atoms. The van der Waals surface area contributed by atoms with Gasteiger partial charge in [0.2, 0.25) is 0 Å². The van der Waals surface area contributed by atoms with Crippen LogP contribution in [0.3, 0.4) is 0 Å². The van der Waals surface area contributed by atoms with Crippen molar-refractivity contribution in [3.8, 4) is 0 Å². The molecule has 1 aromatic heterocycles. The lowest BCUT2D eigenvalue weighted by atomic mass is 9.79. The van der Waals surface area contributed by atoms with Crippen molar-refractivity contribution in [3.05, 3.63) is 21.3 Å². The second-order valence-corrected chi connectivity index (χ2v) is 6.79. The van der Waals surface area contributed by atoms with Gasteiger partial charge in [-0.1, -0.05) is 31.4 Å². The van der Waals surface area contributed by atoms with Gasteiger partial charge in [-0.05, 0) is 36.8 Å². The van der Waals surface area contributed by atoms with E-state index in [1.54, 1.807) is 11.3 Å². The predicted octanol–water partition coefficient (Wildman–Crippen LogP) is 3.36. The maximum Gasteiger partial charge on any atom is 0.0931 e. The van der Waals surface area contributed by atoms with Gasteiger partial charge in [0.1, 0.15) is 0 Å². The monoisotopic (exact) mass is 258 g/mol. The summed E-state index contributed by atoms with van der Waals surface area (Å²) < 4.78 is 0.863. The fourth-order valence-electron chi connectivity index (χ4n) is 2.70. The lowest BCUT2D eigenvalue weighted by molar-refractivity contribution is 0.221. The van der Waals surface area contributed by atoms with Crippen LogP contribution < -0.4 is 11.3 Å². The normalized spacial score (nSPS) is 21.2. The average Bonchev–Trinajstić information content (AvgIpc) is 2.85. The molecule has 90 valence electrons. The van der Waals surface area contributed by atoms with Crippen LogP contribution in [0.2, 0.25) is 4.34 Å². The summed E-state index contributed by atoms with van der Waals surface area (Å²) in [5, 5.41) is 0. The SMILES string of the molecule is CC1(C(Cc2ccc(Cl)s2)NN)CCCC1. The van der Waals surface area contributed by atoms with Gasteiger partial charge in [-0.15, -0.1) is 11.3 Å². The van der Waals surface area contributed by atoms with Gasteiger partial charge in [0, 0.05) is 10.9 Å². The van der Waals surface area contributed by atoms with Gasteiger partial charge in [-0.25, -0.2) is 0 Å². The van der Waals surface area contributed by atoms with Crippen LogP contribution in [0.4, 0.5) is 0 Å². The molecule has 0 radical (unpaired) electrons. The van der Waals surface area contributed by atoms with Crippen LogP contribution in [-0.4, -0.2) is 6.04 Å². The van der Waals surface area contributed by atoms with Crippen LogP contribution in [0.5, 0.6) is 0 Å². The summed E-state index contributed by atoms with van der Waals surface area (Å²) in [6, 6.07) is 4.44. The maximum atomic E-state index is 5.95. The highest BCUT2D eigenvalue weighted by Gasteiger charge is 2.36. The Hall–Kier alpha value is -0.0900. The average molecular weight is 259 g/mol. The third-order valence-corrected chi connectivity index (χ3v) is 5.08. The van der Waals surface area contributed by atoms with Gasteiger partial charge in [-0.3, -0.25) is 11.3 Å². The van der Waals surface area contributed by atoms with E-state index in [1.807, 2.05) is 6.07 Å². The van der Waals surface area contributed by atoms with Crippen LogP contribution in [0.1, 0.15) is 37.5 Å². The Morgan fingerprint density at radius 1 is 1.50 bits per heavy atom. The fraction of sp³-hybridized carbons (Fsp3) is 0.667. The number of nitrogens with one attached hydrogen (secondary N) is 1. The highest BCUT2D eigenvalue weighted by Crippen LogP contribution is 2.41. The topological polar surface area (TPSA) is 38.0 Å². The van der Waals surface area contributed by atoms with E-state index in [0.717, 1.165) is 10.8 Å². The second kappa shape index (κ2) is 5.05. The van der Waals surface area contributed by atoms with Gasteiger partial charge < -0.3 is 0 Å². The van der Waals surface area contributed by atoms with Crippen molar-refractivity contribution in [3.63, 3.8) is 0 Å². The Labute approximate surface area is 106 Å². The largest absolute Gasteiger partial charge is 0.271 e. The Morgan fingerprint density at radius 3 is 2.69 bits per heavy atom. The van der Waals surface area contributed by atoms with Gasteiger partial charge in [0.15, 0.2) is 0 Å². The molecule has 2 nitrogen and oxygen atoms in total. The molecule has 1 aliphatic carbocycles. The first-order valence-corrected chi connectivity index (χ1v) is 7.04. The number of hydrogen-bond acceptors (Lipinski definition) is 3. The molecular formula is C12H19ClN2S. The zero-order valence-electron chi connectivity index (χ0n) is 9.63. The molecule has 0 spiro atoms. The van der Waals surface area contributed by atoms with Gasteiger partial charge in [0.25, 0.3) is 0 Å². The first-order chi connectivity index (χ1) is 7.64. The van der Waals surface area contributed by atoms with Crippen LogP contribution in [0.15, 0.2) is 12.1 Å². The molecule has 0 bridgehead atoms. The molecule has 1 heterocycles. The Morgan fingerprint density at radius 2 is 2.19 bits per heavy atom. The lowest BCUT2D eigenvalue weighted by Gasteiger charge is -2.33. The summed E-state index contributed by atoms with van der Waals surface area (Å²) >= 11 is 7.61. The minimum absolute atomic E-state index is 0.352. The van der Waals surface area contributed by atoms with E-state index in [1.165, 1.54) is 30.6 Å². The van der Waals surface area contributed by atoms with Crippen molar-refractivity contribution in [2.75, 3.05) is 0 Å². The highest BCUT2D eigenvalue weighted by molar-refractivity contribution is 7.16. The van der Waals surface area contributed by atoms with Gasteiger partial charge in [0.05, 0.1) is 4.34 Å². The number of thiophene rings is 1. The van der Waals surface area contributed by atoms with Crippen LogP contribution in [0.25, 0.3) is 0 Å². The number of hydrazine groups is 1. The van der Waals surface area contributed by atoms with E-state index in [4.69, 9.17) is 17.4 Å². The molecular weight excluding hydrogens is 240 g/mol. The minimum atomic E-state index is 0.352. The molecule has 0 saturated heterocycles. The van der Waals surface area contributed by atoms with E-state index in [-0.39, 0.29) is 0 Å². The zero-order valence-corrected chi connectivity index (χ0v) is 11.2. The standard InChI is InChI=1S/C12H19ClN2S/c1-12(6-2-3-7-12)10(15-14)8-9-4-5-11(13)16-9/h4-5,10,15H,2-3,6-8,14H2,1H3. The lowest BCUT2D eigenvalue weighted by Crippen LogP contribution is -2.47. The zero-order chi connectivity index (χ0) is 11.6. The molecule has 1 fully saturated rings. The maximum absolute atomic E-state index is 5.95. The molecule has 2 rings (SSSR count). The third-order valence-electron chi connectivity index (χ3n) is 3.82. The van der Waals surface area contributed by atoms with Gasteiger partial charge in [-0.2, -0.15) is 0 Å². The summed E-state index contributed by atoms with van der Waals surface area (Å²) in [5.41, 5.74) is 3.36. The van der Waals surface area contributed by atoms with Gasteiger partial charge >= 0.3 is 0 Å². The fourth-order valence-corrected chi connectivity index (χ4v) is 3.83. The first kappa shape index (κ1) is 12.4. The Balaban J connectivity index is 2.05. The van der Waals surface area contributed by atoms with Crippen molar-refractivity contribution >= 4 is 22.9 Å². The van der Waals surface area contributed by atoms with E-state index < -0.39 is 0 Å². The molecule has 1 unspecified atom stereocenters. The Bertz CT molecular complexity index is 345. The second-order valence-electron chi connectivity index (χ2n) is 4.99. The van der Waals surface area contributed by atoms with E-state index in [2.05, 4.69) is 18.4 Å². The molecule has 1 atom stereocenters. The van der Waals surface area contributed by atoms with Crippen molar-refractivity contribution in [2.45, 2.75) is 45.1 Å².